The standard InChI is InChI=1S/C76H96N4Si/c1-16-19-22-29-44-81(45-30-23-20-17-2,46-31-24-21-18-3)47-32-28-35-61-62-36-38-66(77-62)71(55-48-57(73(4,5)6)52-58(49-55)74(7,8)9)68-42-40-64(79-68)70(54-33-26-25-27-34-54)65-41-43-69(80-65)72(67-39-37-63(61)78-67)56-50-59(75(10,11)12)53-60(51-56)76(13,14)15/h25-27,33-34,36-43,48-53,77,80H,16-24,29-31,44-46H2,1-15H3. The number of benzene rings is 3. The smallest absolute Gasteiger partial charge is 0.139 e. The molecule has 0 amide bonds. The summed E-state index contributed by atoms with van der Waals surface area (Å²) in [4.78, 5) is 19.4. The van der Waals surface area contributed by atoms with Crippen LogP contribution in [0.4, 0.5) is 0 Å². The summed E-state index contributed by atoms with van der Waals surface area (Å²) >= 11 is 0. The van der Waals surface area contributed by atoms with Crippen LogP contribution in [0, 0.1) is 23.3 Å². The van der Waals surface area contributed by atoms with Crippen LogP contribution in [-0.2, 0) is 21.7 Å². The summed E-state index contributed by atoms with van der Waals surface area (Å²) in [5.74, 6) is 10.9. The minimum Gasteiger partial charge on any atom is -0.354 e. The van der Waals surface area contributed by atoms with Crippen molar-refractivity contribution in [3.8, 4) is 56.7 Å². The molecule has 3 aromatic heterocycles. The topological polar surface area (TPSA) is 57.4 Å². The molecule has 4 nitrogen and oxygen atoms in total. The van der Waals surface area contributed by atoms with Crippen LogP contribution in [0.3, 0.4) is 0 Å². The molecule has 0 aliphatic carbocycles. The quantitative estimate of drug-likeness (QED) is 0.0511. The highest BCUT2D eigenvalue weighted by atomic mass is 28.3. The molecule has 0 saturated carbocycles. The van der Waals surface area contributed by atoms with Crippen LogP contribution in [0.2, 0.25) is 18.1 Å². The van der Waals surface area contributed by atoms with E-state index >= 15 is 0 Å². The molecule has 0 fully saturated rings. The summed E-state index contributed by atoms with van der Waals surface area (Å²) in [6.07, 6.45) is 24.2. The second-order valence-corrected chi connectivity index (χ2v) is 32.0. The minimum absolute atomic E-state index is 0.0854. The van der Waals surface area contributed by atoms with E-state index in [4.69, 9.17) is 9.97 Å². The van der Waals surface area contributed by atoms with Gasteiger partial charge in [0.15, 0.2) is 0 Å². The van der Waals surface area contributed by atoms with Crippen molar-refractivity contribution in [1.29, 1.82) is 0 Å². The first-order chi connectivity index (χ1) is 38.5. The highest BCUT2D eigenvalue weighted by Gasteiger charge is 2.31. The Bertz CT molecular complexity index is 3370. The van der Waals surface area contributed by atoms with E-state index in [9.17, 15) is 0 Å². The first kappa shape index (κ1) is 60.7. The van der Waals surface area contributed by atoms with E-state index in [0.717, 1.165) is 83.8 Å². The average Bonchev–Trinajstić information content (AvgIpc) is 4.29. The molecule has 81 heavy (non-hydrogen) atoms. The third-order valence-corrected chi connectivity index (χ3v) is 21.4. The Labute approximate surface area is 490 Å². The number of aromatic amines is 2. The number of rotatable bonds is 18. The summed E-state index contributed by atoms with van der Waals surface area (Å²) in [7, 11) is -1.95. The maximum absolute atomic E-state index is 5.69. The Morgan fingerprint density at radius 3 is 1.14 bits per heavy atom. The molecule has 0 saturated heterocycles. The zero-order valence-electron chi connectivity index (χ0n) is 52.5. The van der Waals surface area contributed by atoms with E-state index in [-0.39, 0.29) is 21.7 Å². The van der Waals surface area contributed by atoms with Gasteiger partial charge in [-0.25, -0.2) is 9.97 Å². The molecule has 2 aliphatic heterocycles. The number of hydrogen-bond donors (Lipinski definition) is 2. The van der Waals surface area contributed by atoms with Gasteiger partial charge < -0.3 is 9.97 Å². The van der Waals surface area contributed by atoms with E-state index in [0.29, 0.717) is 0 Å². The maximum Gasteiger partial charge on any atom is 0.139 e. The van der Waals surface area contributed by atoms with E-state index in [1.807, 2.05) is 0 Å². The van der Waals surface area contributed by atoms with E-state index in [1.165, 1.54) is 117 Å². The average molecular weight is 1090 g/mol. The van der Waals surface area contributed by atoms with Gasteiger partial charge in [-0.2, -0.15) is 0 Å². The zero-order chi connectivity index (χ0) is 58.2. The molecule has 5 heterocycles. The lowest BCUT2D eigenvalue weighted by Crippen LogP contribution is -2.32. The van der Waals surface area contributed by atoms with Gasteiger partial charge in [0.1, 0.15) is 8.07 Å². The summed E-state index contributed by atoms with van der Waals surface area (Å²) in [5.41, 5.74) is 23.7. The first-order valence-corrected chi connectivity index (χ1v) is 33.7. The van der Waals surface area contributed by atoms with Crippen LogP contribution in [0.1, 0.15) is 231 Å². The second-order valence-electron chi connectivity index (χ2n) is 27.7. The van der Waals surface area contributed by atoms with Gasteiger partial charge in [0.2, 0.25) is 0 Å². The van der Waals surface area contributed by atoms with Gasteiger partial charge in [0, 0.05) is 33.2 Å². The summed E-state index contributed by atoms with van der Waals surface area (Å²) in [6.45, 7) is 34.7. The van der Waals surface area contributed by atoms with Crippen LogP contribution in [0.5, 0.6) is 0 Å². The fraction of sp³-hybridized carbons (Fsp3) is 0.447. The van der Waals surface area contributed by atoms with E-state index in [1.54, 1.807) is 0 Å². The molecular weight excluding hydrogens is 997 g/mol. The molecular formula is C76H96N4Si. The molecule has 0 unspecified atom stereocenters. The largest absolute Gasteiger partial charge is 0.354 e. The molecule has 3 aromatic carbocycles. The second kappa shape index (κ2) is 25.8. The Balaban J connectivity index is 1.50. The molecule has 424 valence electrons. The number of fused-ring (bicyclic) bond motifs is 8. The number of H-pyrrole nitrogens is 2. The Morgan fingerprint density at radius 2 is 0.741 bits per heavy atom. The SMILES string of the molecule is CCCCCC[Si](C#CC#Cc1c2nc(c(-c3cc(C(C)(C)C)cc(C(C)(C)C)c3)c3ccc([nH]3)c(-c3ccccc3)c3nc(c(-c4cc(C(C)(C)C)cc(C(C)(C)C)c4)c4ccc1[nH]4)C=C3)C=C2)(CCCCCC)CCCCCC. The van der Waals surface area contributed by atoms with Gasteiger partial charge in [0.25, 0.3) is 0 Å². The predicted molar refractivity (Wildman–Crippen MR) is 357 cm³/mol. The number of hydrogen-bond acceptors (Lipinski definition) is 2. The molecule has 2 N–H and O–H groups in total. The van der Waals surface area contributed by atoms with Crippen LogP contribution in [0.25, 0.3) is 79.8 Å². The molecule has 6 aromatic rings. The van der Waals surface area contributed by atoms with Crippen molar-refractivity contribution >= 4 is 54.4 Å². The van der Waals surface area contributed by atoms with Gasteiger partial charge in [-0.3, -0.25) is 0 Å². The highest BCUT2D eigenvalue weighted by molar-refractivity contribution is 6.87. The van der Waals surface area contributed by atoms with E-state index < -0.39 is 8.07 Å². The molecule has 8 bridgehead atoms. The fourth-order valence-corrected chi connectivity index (χ4v) is 15.9. The lowest BCUT2D eigenvalue weighted by atomic mass is 9.78. The third kappa shape index (κ3) is 15.0. The van der Waals surface area contributed by atoms with Crippen molar-refractivity contribution in [2.45, 2.75) is 221 Å². The van der Waals surface area contributed by atoms with Crippen molar-refractivity contribution in [2.75, 3.05) is 0 Å². The van der Waals surface area contributed by atoms with Gasteiger partial charge in [-0.1, -0.05) is 248 Å². The van der Waals surface area contributed by atoms with Gasteiger partial charge in [-0.05, 0) is 145 Å². The van der Waals surface area contributed by atoms with Crippen LogP contribution >= 0.6 is 0 Å². The maximum atomic E-state index is 5.69. The summed E-state index contributed by atoms with van der Waals surface area (Å²) < 4.78 is 0. The van der Waals surface area contributed by atoms with Crippen molar-refractivity contribution in [3.63, 3.8) is 0 Å². The van der Waals surface area contributed by atoms with Crippen LogP contribution in [-0.4, -0.2) is 28.0 Å². The molecule has 5 heteroatoms. The molecule has 8 rings (SSSR count). The minimum atomic E-state index is -1.95. The molecule has 0 spiro atoms. The predicted octanol–water partition coefficient (Wildman–Crippen LogP) is 21.9. The van der Waals surface area contributed by atoms with E-state index in [2.05, 4.69) is 252 Å². The Morgan fingerprint density at radius 1 is 0.383 bits per heavy atom. The van der Waals surface area contributed by atoms with Crippen molar-refractivity contribution in [2.24, 2.45) is 0 Å². The number of unbranched alkanes of at least 4 members (excludes halogenated alkanes) is 9. The van der Waals surface area contributed by atoms with Gasteiger partial charge >= 0.3 is 0 Å². The lowest BCUT2D eigenvalue weighted by Gasteiger charge is -2.26. The first-order valence-electron chi connectivity index (χ1n) is 31.1. The normalized spacial score (nSPS) is 12.8. The Kier molecular flexibility index (Phi) is 19.3. The van der Waals surface area contributed by atoms with Crippen molar-refractivity contribution < 1.29 is 0 Å². The van der Waals surface area contributed by atoms with Crippen molar-refractivity contribution in [1.82, 2.24) is 19.9 Å². The highest BCUT2D eigenvalue weighted by Crippen LogP contribution is 2.42. The van der Waals surface area contributed by atoms with Gasteiger partial charge in [-0.15, -0.1) is 5.54 Å². The summed E-state index contributed by atoms with van der Waals surface area (Å²) in [5, 5.41) is 0. The zero-order valence-corrected chi connectivity index (χ0v) is 53.5. The molecule has 0 atom stereocenters. The third-order valence-electron chi connectivity index (χ3n) is 16.8. The fourth-order valence-electron chi connectivity index (χ4n) is 11.6. The molecule has 0 radical (unpaired) electrons. The number of nitrogens with zero attached hydrogens (tertiary/aromatic N) is 2. The molecule has 2 aliphatic rings. The summed E-state index contributed by atoms with van der Waals surface area (Å²) in [6, 6.07) is 37.9. The monoisotopic (exact) mass is 1090 g/mol. The van der Waals surface area contributed by atoms with Crippen LogP contribution < -0.4 is 0 Å². The number of nitrogens with one attached hydrogen (secondary N) is 2. The van der Waals surface area contributed by atoms with Crippen LogP contribution in [0.15, 0.2) is 91.0 Å². The van der Waals surface area contributed by atoms with Gasteiger partial charge in [0.05, 0.1) is 33.9 Å². The lowest BCUT2D eigenvalue weighted by molar-refractivity contribution is 0.568. The van der Waals surface area contributed by atoms with Crippen molar-refractivity contribution in [3.05, 3.63) is 142 Å². The Hall–Kier alpha value is -6.40. The number of aromatic nitrogens is 4.